The van der Waals surface area contributed by atoms with Gasteiger partial charge in [-0.3, -0.25) is 9.59 Å². The Morgan fingerprint density at radius 1 is 1.09 bits per heavy atom. The van der Waals surface area contributed by atoms with Crippen LogP contribution in [0.25, 0.3) is 4.91 Å². The first-order chi connectivity index (χ1) is 16.0. The second-order valence-corrected chi connectivity index (χ2v) is 13.2. The molecule has 0 spiro atoms. The number of unbranched alkanes of at least 4 members (excludes halogenated alkanes) is 3. The molecule has 0 radical (unpaired) electrons. The molecule has 34 heavy (non-hydrogen) atoms. The third-order valence-corrected chi connectivity index (χ3v) is 10.0. The molecule has 2 aliphatic heterocycles. The highest BCUT2D eigenvalue weighted by atomic mass is 32.2. The minimum Gasteiger partial charge on any atom is -0.367 e. The van der Waals surface area contributed by atoms with Crippen LogP contribution in [-0.4, -0.2) is 17.8 Å². The molecule has 0 fully saturated rings. The predicted molar refractivity (Wildman–Crippen MR) is 148 cm³/mol. The van der Waals surface area contributed by atoms with Crippen LogP contribution in [0.4, 0.5) is 5.69 Å². The molecule has 2 aromatic carbocycles. The van der Waals surface area contributed by atoms with Crippen LogP contribution in [0.2, 0.25) is 0 Å². The van der Waals surface area contributed by atoms with Crippen molar-refractivity contribution < 1.29 is 0 Å². The van der Waals surface area contributed by atoms with Crippen molar-refractivity contribution in [3.63, 3.8) is 0 Å². The fraction of sp³-hybridized carbons (Fsp3) is 0.600. The number of anilines is 1. The highest BCUT2D eigenvalue weighted by molar-refractivity contribution is 8.09. The molecular formula is C30H41NO2S. The molecule has 2 unspecified atom stereocenters. The van der Waals surface area contributed by atoms with Crippen LogP contribution in [0.5, 0.6) is 0 Å². The number of benzene rings is 1. The van der Waals surface area contributed by atoms with Crippen molar-refractivity contribution in [1.29, 1.82) is 0 Å². The summed E-state index contributed by atoms with van der Waals surface area (Å²) < 4.78 is 0. The second kappa shape index (κ2) is 9.33. The van der Waals surface area contributed by atoms with E-state index in [9.17, 15) is 9.59 Å². The van der Waals surface area contributed by atoms with Gasteiger partial charge in [-0.25, -0.2) is 0 Å². The molecule has 3 nitrogen and oxygen atoms in total. The van der Waals surface area contributed by atoms with Crippen LogP contribution in [0.15, 0.2) is 33.9 Å². The Hall–Kier alpha value is -1.81. The largest absolute Gasteiger partial charge is 0.367 e. The molecule has 0 N–H and O–H groups in total. The van der Waals surface area contributed by atoms with Gasteiger partial charge in [-0.05, 0) is 54.9 Å². The molecule has 4 heteroatoms. The van der Waals surface area contributed by atoms with Crippen molar-refractivity contribution in [1.82, 2.24) is 0 Å². The van der Waals surface area contributed by atoms with E-state index in [1.54, 1.807) is 0 Å². The van der Waals surface area contributed by atoms with E-state index in [2.05, 4.69) is 70.7 Å². The molecule has 4 rings (SSSR count). The Morgan fingerprint density at radius 3 is 2.44 bits per heavy atom. The SMILES string of the molecule is CCCCCCN1c2ccc(C3=CCC(C(C)(C)C)S3)cc2C(C)(C)C1Cc1c(C)c(=O)c1=O. The van der Waals surface area contributed by atoms with Gasteiger partial charge in [-0.15, -0.1) is 11.8 Å². The number of allylic oxidation sites excluding steroid dienone is 1. The van der Waals surface area contributed by atoms with E-state index < -0.39 is 0 Å². The number of fused-ring (bicyclic) bond motifs is 1. The van der Waals surface area contributed by atoms with Gasteiger partial charge in [0.05, 0.1) is 0 Å². The predicted octanol–water partition coefficient (Wildman–Crippen LogP) is 6.77. The first-order valence-electron chi connectivity index (χ1n) is 13.0. The van der Waals surface area contributed by atoms with E-state index >= 15 is 0 Å². The minimum atomic E-state index is -0.293. The van der Waals surface area contributed by atoms with Crippen LogP contribution >= 0.6 is 11.8 Å². The van der Waals surface area contributed by atoms with E-state index in [0.29, 0.717) is 17.2 Å². The van der Waals surface area contributed by atoms with Crippen molar-refractivity contribution in [2.75, 3.05) is 11.4 Å². The first-order valence-corrected chi connectivity index (χ1v) is 13.9. The van der Waals surface area contributed by atoms with E-state index in [1.807, 2.05) is 18.7 Å². The maximum Gasteiger partial charge on any atom is 0.229 e. The molecule has 2 aliphatic rings. The van der Waals surface area contributed by atoms with E-state index in [-0.39, 0.29) is 27.7 Å². The lowest BCUT2D eigenvalue weighted by atomic mass is 9.76. The summed E-state index contributed by atoms with van der Waals surface area (Å²) in [6.45, 7) is 16.7. The Morgan fingerprint density at radius 2 is 1.82 bits per heavy atom. The molecule has 0 aliphatic carbocycles. The second-order valence-electron chi connectivity index (χ2n) is 12.0. The molecule has 0 bridgehead atoms. The minimum absolute atomic E-state index is 0.102. The van der Waals surface area contributed by atoms with Crippen molar-refractivity contribution in [3.05, 3.63) is 67.0 Å². The van der Waals surface area contributed by atoms with Crippen LogP contribution in [0.1, 0.15) is 95.9 Å². The molecule has 0 saturated carbocycles. The number of thioether (sulfide) groups is 1. The number of rotatable bonds is 8. The summed E-state index contributed by atoms with van der Waals surface area (Å²) in [5.41, 5.74) is 5.05. The summed E-state index contributed by atoms with van der Waals surface area (Å²) >= 11 is 2.02. The normalized spacial score (nSPS) is 21.9. The Balaban J connectivity index is 1.66. The average Bonchev–Trinajstić information content (AvgIpc) is 3.37. The van der Waals surface area contributed by atoms with Gasteiger partial charge in [0.25, 0.3) is 0 Å². The molecule has 2 heterocycles. The zero-order valence-electron chi connectivity index (χ0n) is 22.1. The standard InChI is InChI=1S/C30H41NO2S/c1-8-9-10-11-16-31-23-13-12-20(24-14-15-26(34-24)29(3,4)5)17-22(23)30(6,7)25(31)18-21-19(2)27(32)28(21)33/h12-14,17,25-26H,8-11,15-16,18H2,1-7H3. The van der Waals surface area contributed by atoms with Gasteiger partial charge in [0.15, 0.2) is 0 Å². The molecule has 0 saturated heterocycles. The fourth-order valence-corrected chi connectivity index (χ4v) is 7.02. The summed E-state index contributed by atoms with van der Waals surface area (Å²) in [5, 5.41) is 0.614. The smallest absolute Gasteiger partial charge is 0.229 e. The van der Waals surface area contributed by atoms with Gasteiger partial charge in [-0.1, -0.05) is 72.9 Å². The van der Waals surface area contributed by atoms with Crippen molar-refractivity contribution in [3.8, 4) is 0 Å². The van der Waals surface area contributed by atoms with E-state index in [0.717, 1.165) is 24.9 Å². The Kier molecular flexibility index (Phi) is 6.94. The van der Waals surface area contributed by atoms with Crippen molar-refractivity contribution >= 4 is 22.4 Å². The summed E-state index contributed by atoms with van der Waals surface area (Å²) in [4.78, 5) is 28.2. The fourth-order valence-electron chi connectivity index (χ4n) is 5.71. The average molecular weight is 480 g/mol. The number of nitrogens with zero attached hydrogens (tertiary/aromatic N) is 1. The van der Waals surface area contributed by atoms with Gasteiger partial charge < -0.3 is 4.90 Å². The van der Waals surface area contributed by atoms with Gasteiger partial charge in [0, 0.05) is 45.0 Å². The lowest BCUT2D eigenvalue weighted by Crippen LogP contribution is -2.48. The molecule has 2 aromatic rings. The van der Waals surface area contributed by atoms with Gasteiger partial charge in [0.1, 0.15) is 0 Å². The molecular weight excluding hydrogens is 438 g/mol. The lowest BCUT2D eigenvalue weighted by Gasteiger charge is -2.35. The quantitative estimate of drug-likeness (QED) is 0.309. The summed E-state index contributed by atoms with van der Waals surface area (Å²) in [6, 6.07) is 7.21. The highest BCUT2D eigenvalue weighted by Crippen LogP contribution is 2.51. The van der Waals surface area contributed by atoms with Gasteiger partial charge in [-0.2, -0.15) is 0 Å². The van der Waals surface area contributed by atoms with Crippen LogP contribution in [0, 0.1) is 12.3 Å². The Labute approximate surface area is 209 Å². The summed E-state index contributed by atoms with van der Waals surface area (Å²) in [6.07, 6.45) is 9.05. The monoisotopic (exact) mass is 479 g/mol. The zero-order valence-corrected chi connectivity index (χ0v) is 22.9. The third kappa shape index (κ3) is 4.43. The topological polar surface area (TPSA) is 37.4 Å². The summed E-state index contributed by atoms with van der Waals surface area (Å²) in [7, 11) is 0. The molecule has 0 amide bonds. The zero-order chi connectivity index (χ0) is 24.8. The Bertz CT molecular complexity index is 1160. The molecule has 184 valence electrons. The third-order valence-electron chi connectivity index (χ3n) is 8.17. The van der Waals surface area contributed by atoms with Crippen molar-refractivity contribution in [2.45, 2.75) is 104 Å². The van der Waals surface area contributed by atoms with Crippen LogP contribution in [0.3, 0.4) is 0 Å². The summed E-state index contributed by atoms with van der Waals surface area (Å²) in [5.74, 6) is 0. The van der Waals surface area contributed by atoms with Gasteiger partial charge in [0.2, 0.25) is 10.9 Å². The number of hydrogen-bond donors (Lipinski definition) is 0. The highest BCUT2D eigenvalue weighted by Gasteiger charge is 2.45. The van der Waals surface area contributed by atoms with Crippen LogP contribution < -0.4 is 15.8 Å². The molecule has 2 atom stereocenters. The van der Waals surface area contributed by atoms with Gasteiger partial charge >= 0.3 is 0 Å². The maximum atomic E-state index is 12.4. The number of hydrogen-bond acceptors (Lipinski definition) is 4. The maximum absolute atomic E-state index is 12.4. The first kappa shape index (κ1) is 25.3. The van der Waals surface area contributed by atoms with Crippen molar-refractivity contribution in [2.24, 2.45) is 5.41 Å². The van der Waals surface area contributed by atoms with E-state index in [1.165, 1.54) is 41.0 Å². The molecule has 0 aromatic heterocycles. The van der Waals surface area contributed by atoms with E-state index in [4.69, 9.17) is 0 Å². The van der Waals surface area contributed by atoms with Crippen LogP contribution in [-0.2, 0) is 11.8 Å². The lowest BCUT2D eigenvalue weighted by molar-refractivity contribution is 0.398.